The van der Waals surface area contributed by atoms with E-state index in [0.717, 1.165) is 5.69 Å². The van der Waals surface area contributed by atoms with Crippen LogP contribution in [0.3, 0.4) is 0 Å². The van der Waals surface area contributed by atoms with Crippen LogP contribution in [-0.2, 0) is 5.41 Å². The van der Waals surface area contributed by atoms with E-state index in [1.807, 2.05) is 0 Å². The molecule has 49 heavy (non-hydrogen) atoms. The van der Waals surface area contributed by atoms with E-state index in [1.165, 1.54) is 83.0 Å². The van der Waals surface area contributed by atoms with E-state index >= 15 is 0 Å². The fourth-order valence-corrected chi connectivity index (χ4v) is 8.14. The zero-order valence-electron chi connectivity index (χ0n) is 28.1. The van der Waals surface area contributed by atoms with Crippen molar-refractivity contribution in [3.63, 3.8) is 0 Å². The highest BCUT2D eigenvalue weighted by Crippen LogP contribution is 2.57. The Morgan fingerprint density at radius 1 is 0.449 bits per heavy atom. The molecule has 0 aliphatic heterocycles. The van der Waals surface area contributed by atoms with Crippen molar-refractivity contribution in [2.75, 3.05) is 4.90 Å². The lowest BCUT2D eigenvalue weighted by atomic mass is 9.81. The van der Waals surface area contributed by atoms with Gasteiger partial charge in [-0.15, -0.1) is 0 Å². The van der Waals surface area contributed by atoms with Crippen molar-refractivity contribution < 1.29 is 0 Å². The Kier molecular flexibility index (Phi) is 6.78. The molecule has 0 heterocycles. The number of hydrogen-bond donors (Lipinski definition) is 0. The number of benzene rings is 8. The van der Waals surface area contributed by atoms with Crippen LogP contribution >= 0.6 is 0 Å². The number of aryl methyl sites for hydroxylation is 1. The zero-order chi connectivity index (χ0) is 33.1. The van der Waals surface area contributed by atoms with Crippen molar-refractivity contribution in [2.24, 2.45) is 0 Å². The molecule has 0 saturated heterocycles. The smallest absolute Gasteiger partial charge is 0.0621 e. The first-order chi connectivity index (χ1) is 24.0. The van der Waals surface area contributed by atoms with E-state index in [0.29, 0.717) is 0 Å². The summed E-state index contributed by atoms with van der Waals surface area (Å²) in [5.41, 5.74) is 15.0. The minimum absolute atomic E-state index is 0.117. The lowest BCUT2D eigenvalue weighted by molar-refractivity contribution is 0.661. The van der Waals surface area contributed by atoms with Crippen molar-refractivity contribution >= 4 is 38.6 Å². The first-order valence-electron chi connectivity index (χ1n) is 17.2. The second-order valence-corrected chi connectivity index (χ2v) is 13.8. The molecule has 0 saturated carbocycles. The van der Waals surface area contributed by atoms with Crippen molar-refractivity contribution in [3.05, 3.63) is 187 Å². The predicted molar refractivity (Wildman–Crippen MR) is 209 cm³/mol. The lowest BCUT2D eigenvalue weighted by Crippen LogP contribution is -2.16. The van der Waals surface area contributed by atoms with Gasteiger partial charge in [-0.3, -0.25) is 0 Å². The Bertz CT molecular complexity index is 2520. The average molecular weight is 628 g/mol. The minimum atomic E-state index is -0.117. The molecule has 1 nitrogen and oxygen atoms in total. The molecule has 9 rings (SSSR count). The summed E-state index contributed by atoms with van der Waals surface area (Å²) in [6, 6.07) is 62.4. The third kappa shape index (κ3) is 4.61. The summed E-state index contributed by atoms with van der Waals surface area (Å²) in [5.74, 6) is 0. The number of fused-ring (bicyclic) bond motifs is 5. The number of anilines is 3. The molecule has 0 atom stereocenters. The second kappa shape index (κ2) is 11.4. The van der Waals surface area contributed by atoms with Crippen LogP contribution in [0.15, 0.2) is 170 Å². The van der Waals surface area contributed by atoms with E-state index in [1.54, 1.807) is 0 Å². The second-order valence-electron chi connectivity index (χ2n) is 13.8. The molecule has 0 fully saturated rings. The molecule has 0 bridgehead atoms. The van der Waals surface area contributed by atoms with Gasteiger partial charge in [-0.1, -0.05) is 159 Å². The molecule has 1 heteroatoms. The molecule has 1 aliphatic carbocycles. The van der Waals surface area contributed by atoms with Gasteiger partial charge in [-0.25, -0.2) is 0 Å². The largest absolute Gasteiger partial charge is 0.309 e. The molecule has 0 amide bonds. The Balaban J connectivity index is 1.31. The molecule has 0 spiro atoms. The normalized spacial score (nSPS) is 13.0. The van der Waals surface area contributed by atoms with Gasteiger partial charge in [0, 0.05) is 27.7 Å². The Labute approximate surface area is 288 Å². The Morgan fingerprint density at radius 3 is 1.90 bits per heavy atom. The lowest BCUT2D eigenvalue weighted by Gasteiger charge is -2.31. The number of hydrogen-bond acceptors (Lipinski definition) is 1. The van der Waals surface area contributed by atoms with Crippen LogP contribution in [0.1, 0.15) is 30.5 Å². The molecule has 234 valence electrons. The standard InChI is InChI=1S/C48H37N/c1-32-15-7-14-24-44(32)49(47-40-21-11-9-19-36(40)31-43-46(47)41-22-12-13-23-42(41)48(43,2)3)37-28-25-35(26-29-37)45-38-20-10-8-18-34(38)27-30-39(45)33-16-5-4-6-17-33/h4-31H,1-3H3. The van der Waals surface area contributed by atoms with Gasteiger partial charge in [0.25, 0.3) is 0 Å². The van der Waals surface area contributed by atoms with E-state index in [4.69, 9.17) is 0 Å². The molecule has 1 aliphatic rings. The van der Waals surface area contributed by atoms with Gasteiger partial charge in [0.2, 0.25) is 0 Å². The molecule has 0 radical (unpaired) electrons. The molecule has 8 aromatic carbocycles. The van der Waals surface area contributed by atoms with Gasteiger partial charge in [-0.2, -0.15) is 0 Å². The molecular weight excluding hydrogens is 591 g/mol. The van der Waals surface area contributed by atoms with Crippen LogP contribution in [0.4, 0.5) is 17.1 Å². The molecule has 0 unspecified atom stereocenters. The van der Waals surface area contributed by atoms with Crippen LogP contribution in [-0.4, -0.2) is 0 Å². The third-order valence-corrected chi connectivity index (χ3v) is 10.6. The molecule has 0 aromatic heterocycles. The molecular formula is C48H37N. The fourth-order valence-electron chi connectivity index (χ4n) is 8.14. The maximum absolute atomic E-state index is 2.51. The van der Waals surface area contributed by atoms with Gasteiger partial charge in [0.05, 0.1) is 5.69 Å². The summed E-state index contributed by atoms with van der Waals surface area (Å²) in [4.78, 5) is 2.51. The fraction of sp³-hybridized carbons (Fsp3) is 0.0833. The van der Waals surface area contributed by atoms with Crippen molar-refractivity contribution in [1.29, 1.82) is 0 Å². The monoisotopic (exact) mass is 627 g/mol. The average Bonchev–Trinajstić information content (AvgIpc) is 3.38. The molecule has 0 N–H and O–H groups in total. The molecule has 8 aromatic rings. The predicted octanol–water partition coefficient (Wildman–Crippen LogP) is 13.4. The van der Waals surface area contributed by atoms with E-state index < -0.39 is 0 Å². The first kappa shape index (κ1) is 29.2. The van der Waals surface area contributed by atoms with Gasteiger partial charge < -0.3 is 4.90 Å². The van der Waals surface area contributed by atoms with Crippen LogP contribution in [0, 0.1) is 6.92 Å². The van der Waals surface area contributed by atoms with E-state index in [-0.39, 0.29) is 5.41 Å². The quantitative estimate of drug-likeness (QED) is 0.183. The SMILES string of the molecule is Cc1ccccc1N(c1ccc(-c2c(-c3ccccc3)ccc3ccccc23)cc1)c1c2c(cc3ccccc13)C(C)(C)c1ccccc1-2. The maximum Gasteiger partial charge on any atom is 0.0621 e. The van der Waals surface area contributed by atoms with E-state index in [9.17, 15) is 0 Å². The van der Waals surface area contributed by atoms with Gasteiger partial charge in [0.1, 0.15) is 0 Å². The van der Waals surface area contributed by atoms with Crippen LogP contribution in [0.25, 0.3) is 54.9 Å². The zero-order valence-corrected chi connectivity index (χ0v) is 28.1. The number of para-hydroxylation sites is 1. The van der Waals surface area contributed by atoms with Crippen molar-refractivity contribution in [2.45, 2.75) is 26.2 Å². The topological polar surface area (TPSA) is 3.24 Å². The van der Waals surface area contributed by atoms with Crippen molar-refractivity contribution in [3.8, 4) is 33.4 Å². The van der Waals surface area contributed by atoms with Crippen LogP contribution in [0.5, 0.6) is 0 Å². The van der Waals surface area contributed by atoms with Gasteiger partial charge >= 0.3 is 0 Å². The summed E-state index contributed by atoms with van der Waals surface area (Å²) >= 11 is 0. The maximum atomic E-state index is 2.51. The number of rotatable bonds is 5. The van der Waals surface area contributed by atoms with Gasteiger partial charge in [0.15, 0.2) is 0 Å². The van der Waals surface area contributed by atoms with Gasteiger partial charge in [-0.05, 0) is 91.9 Å². The van der Waals surface area contributed by atoms with E-state index in [2.05, 4.69) is 196 Å². The first-order valence-corrected chi connectivity index (χ1v) is 17.2. The highest BCUT2D eigenvalue weighted by molar-refractivity contribution is 6.10. The highest BCUT2D eigenvalue weighted by atomic mass is 15.1. The highest BCUT2D eigenvalue weighted by Gasteiger charge is 2.39. The summed E-state index contributed by atoms with van der Waals surface area (Å²) in [6.07, 6.45) is 0. The Hall–Kier alpha value is -5.92. The summed E-state index contributed by atoms with van der Waals surface area (Å²) in [7, 11) is 0. The Morgan fingerprint density at radius 2 is 1.10 bits per heavy atom. The summed E-state index contributed by atoms with van der Waals surface area (Å²) in [6.45, 7) is 6.97. The van der Waals surface area contributed by atoms with Crippen LogP contribution in [0.2, 0.25) is 0 Å². The summed E-state index contributed by atoms with van der Waals surface area (Å²) < 4.78 is 0. The third-order valence-electron chi connectivity index (χ3n) is 10.6. The summed E-state index contributed by atoms with van der Waals surface area (Å²) in [5, 5.41) is 5.02. The minimum Gasteiger partial charge on any atom is -0.309 e. The van der Waals surface area contributed by atoms with Crippen LogP contribution < -0.4 is 4.90 Å². The van der Waals surface area contributed by atoms with Crippen molar-refractivity contribution in [1.82, 2.24) is 0 Å². The number of nitrogens with zero attached hydrogens (tertiary/aromatic N) is 1.